The molecule has 0 saturated heterocycles. The van der Waals surface area contributed by atoms with Crippen LogP contribution in [0.25, 0.3) is 22.0 Å². The molecule has 0 aliphatic carbocycles. The molecule has 3 rings (SSSR count). The van der Waals surface area contributed by atoms with Gasteiger partial charge in [-0.05, 0) is 42.3 Å². The third kappa shape index (κ3) is 1.82. The van der Waals surface area contributed by atoms with Crippen molar-refractivity contribution in [2.75, 3.05) is 5.73 Å². The highest BCUT2D eigenvalue weighted by Crippen LogP contribution is 2.26. The van der Waals surface area contributed by atoms with Gasteiger partial charge in [-0.3, -0.25) is 4.98 Å². The minimum atomic E-state index is 0.796. The van der Waals surface area contributed by atoms with E-state index < -0.39 is 0 Å². The fraction of sp³-hybridized carbons (Fsp3) is 0.0625. The summed E-state index contributed by atoms with van der Waals surface area (Å²) in [7, 11) is 0. The van der Waals surface area contributed by atoms with Crippen LogP contribution < -0.4 is 5.73 Å². The minimum Gasteiger partial charge on any atom is -0.399 e. The van der Waals surface area contributed by atoms with Gasteiger partial charge in [-0.1, -0.05) is 24.3 Å². The zero-order chi connectivity index (χ0) is 12.5. The molecule has 2 nitrogen and oxygen atoms in total. The van der Waals surface area contributed by atoms with Crippen molar-refractivity contribution in [3.63, 3.8) is 0 Å². The second-order valence-corrected chi connectivity index (χ2v) is 4.49. The molecule has 0 aliphatic rings. The number of hydrogen-bond acceptors (Lipinski definition) is 2. The Kier molecular flexibility index (Phi) is 2.49. The maximum absolute atomic E-state index is 5.78. The maximum Gasteiger partial charge on any atom is 0.0702 e. The number of para-hydroxylation sites is 1. The molecule has 0 radical (unpaired) electrons. The molecule has 2 heteroatoms. The van der Waals surface area contributed by atoms with Crippen molar-refractivity contribution in [2.45, 2.75) is 6.92 Å². The lowest BCUT2D eigenvalue weighted by atomic mass is 10.0. The lowest BCUT2D eigenvalue weighted by Crippen LogP contribution is -1.89. The van der Waals surface area contributed by atoms with E-state index in [-0.39, 0.29) is 0 Å². The topological polar surface area (TPSA) is 38.9 Å². The summed E-state index contributed by atoms with van der Waals surface area (Å²) in [5, 5.41) is 1.16. The quantitative estimate of drug-likeness (QED) is 0.650. The summed E-state index contributed by atoms with van der Waals surface area (Å²) in [5.74, 6) is 0. The first-order chi connectivity index (χ1) is 8.74. The molecule has 0 aliphatic heterocycles. The average Bonchev–Trinajstić information content (AvgIpc) is 2.38. The lowest BCUT2D eigenvalue weighted by molar-refractivity contribution is 1.39. The average molecular weight is 234 g/mol. The standard InChI is InChI=1S/C16H14N2/c1-11-8-14(17)6-7-15(11)13-9-12-4-2-3-5-16(12)18-10-13/h2-10H,17H2,1H3. The Hall–Kier alpha value is -2.35. The van der Waals surface area contributed by atoms with E-state index in [0.29, 0.717) is 0 Å². The molecule has 0 atom stereocenters. The van der Waals surface area contributed by atoms with Gasteiger partial charge in [-0.25, -0.2) is 0 Å². The van der Waals surface area contributed by atoms with E-state index in [2.05, 4.69) is 30.1 Å². The summed E-state index contributed by atoms with van der Waals surface area (Å²) in [5.41, 5.74) is 11.1. The van der Waals surface area contributed by atoms with Crippen molar-refractivity contribution in [2.24, 2.45) is 0 Å². The van der Waals surface area contributed by atoms with Gasteiger partial charge in [0.15, 0.2) is 0 Å². The van der Waals surface area contributed by atoms with Crippen LogP contribution in [0.4, 0.5) is 5.69 Å². The number of nitrogens with zero attached hydrogens (tertiary/aromatic N) is 1. The molecule has 1 heterocycles. The summed E-state index contributed by atoms with van der Waals surface area (Å²) in [6.45, 7) is 2.07. The molecule has 2 aromatic carbocycles. The zero-order valence-corrected chi connectivity index (χ0v) is 10.2. The molecule has 1 aromatic heterocycles. The van der Waals surface area contributed by atoms with Gasteiger partial charge in [0.1, 0.15) is 0 Å². The Morgan fingerprint density at radius 1 is 1.00 bits per heavy atom. The molecular formula is C16H14N2. The number of benzene rings is 2. The summed E-state index contributed by atoms with van der Waals surface area (Å²) < 4.78 is 0. The van der Waals surface area contributed by atoms with Crippen LogP contribution in [0.5, 0.6) is 0 Å². The lowest BCUT2D eigenvalue weighted by Gasteiger charge is -2.07. The van der Waals surface area contributed by atoms with Crippen molar-refractivity contribution in [1.29, 1.82) is 0 Å². The van der Waals surface area contributed by atoms with Gasteiger partial charge in [0.2, 0.25) is 0 Å². The highest BCUT2D eigenvalue weighted by molar-refractivity contribution is 5.84. The monoisotopic (exact) mass is 234 g/mol. The van der Waals surface area contributed by atoms with Gasteiger partial charge in [-0.15, -0.1) is 0 Å². The van der Waals surface area contributed by atoms with E-state index in [0.717, 1.165) is 22.2 Å². The molecule has 0 bridgehead atoms. The van der Waals surface area contributed by atoms with Crippen molar-refractivity contribution >= 4 is 16.6 Å². The number of pyridine rings is 1. The number of hydrogen-bond donors (Lipinski definition) is 1. The Balaban J connectivity index is 2.19. The molecule has 0 unspecified atom stereocenters. The molecule has 88 valence electrons. The maximum atomic E-state index is 5.78. The second-order valence-electron chi connectivity index (χ2n) is 4.49. The summed E-state index contributed by atoms with van der Waals surface area (Å²) >= 11 is 0. The smallest absolute Gasteiger partial charge is 0.0702 e. The van der Waals surface area contributed by atoms with Crippen LogP contribution in [-0.2, 0) is 0 Å². The first-order valence-corrected chi connectivity index (χ1v) is 5.95. The van der Waals surface area contributed by atoms with Gasteiger partial charge >= 0.3 is 0 Å². The Morgan fingerprint density at radius 2 is 1.83 bits per heavy atom. The van der Waals surface area contributed by atoms with Gasteiger partial charge in [0, 0.05) is 22.8 Å². The number of rotatable bonds is 1. The molecule has 0 spiro atoms. The van der Waals surface area contributed by atoms with Crippen LogP contribution in [0, 0.1) is 6.92 Å². The zero-order valence-electron chi connectivity index (χ0n) is 10.2. The van der Waals surface area contributed by atoms with E-state index in [1.807, 2.05) is 36.5 Å². The highest BCUT2D eigenvalue weighted by Gasteiger charge is 2.04. The molecule has 0 saturated carbocycles. The largest absolute Gasteiger partial charge is 0.399 e. The predicted octanol–water partition coefficient (Wildman–Crippen LogP) is 3.79. The number of nitrogens with two attached hydrogens (primary N) is 1. The van der Waals surface area contributed by atoms with E-state index in [9.17, 15) is 0 Å². The third-order valence-corrected chi connectivity index (χ3v) is 3.15. The van der Waals surface area contributed by atoms with Crippen molar-refractivity contribution in [3.05, 3.63) is 60.3 Å². The fourth-order valence-corrected chi connectivity index (χ4v) is 2.23. The normalized spacial score (nSPS) is 10.7. The molecule has 3 aromatic rings. The van der Waals surface area contributed by atoms with Crippen LogP contribution in [0.2, 0.25) is 0 Å². The van der Waals surface area contributed by atoms with Crippen molar-refractivity contribution in [3.8, 4) is 11.1 Å². The number of nitrogen functional groups attached to an aromatic ring is 1. The van der Waals surface area contributed by atoms with Gasteiger partial charge < -0.3 is 5.73 Å². The number of aromatic nitrogens is 1. The van der Waals surface area contributed by atoms with Gasteiger partial charge in [0.05, 0.1) is 5.52 Å². The van der Waals surface area contributed by atoms with Crippen LogP contribution in [0.1, 0.15) is 5.56 Å². The SMILES string of the molecule is Cc1cc(N)ccc1-c1cnc2ccccc2c1. The fourth-order valence-electron chi connectivity index (χ4n) is 2.23. The van der Waals surface area contributed by atoms with Crippen LogP contribution in [0.3, 0.4) is 0 Å². The number of anilines is 1. The molecule has 2 N–H and O–H groups in total. The summed E-state index contributed by atoms with van der Waals surface area (Å²) in [6.07, 6.45) is 1.92. The first kappa shape index (κ1) is 10.8. The van der Waals surface area contributed by atoms with Crippen molar-refractivity contribution in [1.82, 2.24) is 4.98 Å². The number of fused-ring (bicyclic) bond motifs is 1. The Labute approximate surface area is 106 Å². The molecule has 0 amide bonds. The summed E-state index contributed by atoms with van der Waals surface area (Å²) in [4.78, 5) is 4.49. The number of aryl methyl sites for hydroxylation is 1. The van der Waals surface area contributed by atoms with E-state index >= 15 is 0 Å². The Bertz CT molecular complexity index is 717. The van der Waals surface area contributed by atoms with Gasteiger partial charge in [0.25, 0.3) is 0 Å². The Morgan fingerprint density at radius 3 is 2.67 bits per heavy atom. The molecular weight excluding hydrogens is 220 g/mol. The van der Waals surface area contributed by atoms with Crippen LogP contribution >= 0.6 is 0 Å². The third-order valence-electron chi connectivity index (χ3n) is 3.15. The highest BCUT2D eigenvalue weighted by atomic mass is 14.6. The first-order valence-electron chi connectivity index (χ1n) is 5.95. The van der Waals surface area contributed by atoms with Crippen LogP contribution in [0.15, 0.2) is 54.7 Å². The van der Waals surface area contributed by atoms with Crippen LogP contribution in [-0.4, -0.2) is 4.98 Å². The summed E-state index contributed by atoms with van der Waals surface area (Å²) in [6, 6.07) is 16.3. The predicted molar refractivity (Wildman–Crippen MR) is 76.3 cm³/mol. The van der Waals surface area contributed by atoms with E-state index in [1.54, 1.807) is 0 Å². The van der Waals surface area contributed by atoms with E-state index in [4.69, 9.17) is 5.73 Å². The second kappa shape index (κ2) is 4.15. The van der Waals surface area contributed by atoms with Crippen molar-refractivity contribution < 1.29 is 0 Å². The van der Waals surface area contributed by atoms with Gasteiger partial charge in [-0.2, -0.15) is 0 Å². The minimum absolute atomic E-state index is 0.796. The molecule has 18 heavy (non-hydrogen) atoms. The van der Waals surface area contributed by atoms with E-state index in [1.165, 1.54) is 11.1 Å². The molecule has 0 fully saturated rings.